The van der Waals surface area contributed by atoms with E-state index in [1.165, 1.54) is 26.0 Å². The smallest absolute Gasteiger partial charge is 0.240 e. The van der Waals surface area contributed by atoms with Crippen molar-refractivity contribution >= 4 is 21.4 Å². The standard InChI is InChI=1S/C13H21N3O2S/c1-9(10-3-4-10)8-16-13-6-5-11(7-12(13)14)19(17,18)15-2/h5-7,9-10,15-16H,3-4,8,14H2,1-2H3. The zero-order valence-electron chi connectivity index (χ0n) is 11.3. The van der Waals surface area contributed by atoms with Crippen LogP contribution in [0.1, 0.15) is 19.8 Å². The number of benzene rings is 1. The summed E-state index contributed by atoms with van der Waals surface area (Å²) in [5, 5.41) is 3.29. The van der Waals surface area contributed by atoms with Crippen LogP contribution < -0.4 is 15.8 Å². The van der Waals surface area contributed by atoms with Gasteiger partial charge in [-0.05, 0) is 49.9 Å². The Balaban J connectivity index is 2.06. The number of rotatable bonds is 6. The minimum absolute atomic E-state index is 0.188. The largest absolute Gasteiger partial charge is 0.397 e. The number of hydrogen-bond acceptors (Lipinski definition) is 4. The summed E-state index contributed by atoms with van der Waals surface area (Å²) in [6.45, 7) is 3.09. The Kier molecular flexibility index (Phi) is 4.01. The highest BCUT2D eigenvalue weighted by atomic mass is 32.2. The summed E-state index contributed by atoms with van der Waals surface area (Å²) in [6.07, 6.45) is 2.63. The van der Waals surface area contributed by atoms with Gasteiger partial charge in [0, 0.05) is 6.54 Å². The van der Waals surface area contributed by atoms with Crippen LogP contribution in [0.4, 0.5) is 11.4 Å². The molecule has 0 saturated heterocycles. The van der Waals surface area contributed by atoms with Crippen molar-refractivity contribution in [3.05, 3.63) is 18.2 Å². The van der Waals surface area contributed by atoms with Gasteiger partial charge in [-0.3, -0.25) is 0 Å². The van der Waals surface area contributed by atoms with E-state index in [0.717, 1.165) is 18.2 Å². The second kappa shape index (κ2) is 5.38. The first-order valence-electron chi connectivity index (χ1n) is 6.51. The normalized spacial score (nSPS) is 17.2. The van der Waals surface area contributed by atoms with E-state index in [4.69, 9.17) is 5.73 Å². The van der Waals surface area contributed by atoms with E-state index in [9.17, 15) is 8.42 Å². The molecule has 0 aliphatic heterocycles. The van der Waals surface area contributed by atoms with E-state index in [0.29, 0.717) is 11.6 Å². The monoisotopic (exact) mass is 283 g/mol. The lowest BCUT2D eigenvalue weighted by atomic mass is 10.1. The molecule has 6 heteroatoms. The molecule has 0 heterocycles. The molecule has 1 saturated carbocycles. The molecule has 1 atom stereocenters. The van der Waals surface area contributed by atoms with Gasteiger partial charge in [0.15, 0.2) is 0 Å². The molecule has 19 heavy (non-hydrogen) atoms. The second-order valence-corrected chi connectivity index (χ2v) is 7.04. The molecule has 1 aliphatic rings. The number of nitrogens with one attached hydrogen (secondary N) is 2. The predicted octanol–water partition coefficient (Wildman–Crippen LogP) is 1.63. The number of nitrogens with two attached hydrogens (primary N) is 1. The highest BCUT2D eigenvalue weighted by molar-refractivity contribution is 7.89. The van der Waals surface area contributed by atoms with Crippen molar-refractivity contribution in [2.45, 2.75) is 24.7 Å². The Hall–Kier alpha value is -1.27. The lowest BCUT2D eigenvalue weighted by Gasteiger charge is -2.15. The van der Waals surface area contributed by atoms with Crippen molar-refractivity contribution in [2.75, 3.05) is 24.6 Å². The molecule has 1 aliphatic carbocycles. The molecule has 0 spiro atoms. The summed E-state index contributed by atoms with van der Waals surface area (Å²) in [5.74, 6) is 1.46. The maximum atomic E-state index is 11.6. The van der Waals surface area contributed by atoms with Gasteiger partial charge in [-0.25, -0.2) is 13.1 Å². The maximum Gasteiger partial charge on any atom is 0.240 e. The molecular formula is C13H21N3O2S. The number of nitrogen functional groups attached to an aromatic ring is 1. The Morgan fingerprint density at radius 2 is 2.11 bits per heavy atom. The zero-order chi connectivity index (χ0) is 14.0. The maximum absolute atomic E-state index is 11.6. The average molecular weight is 283 g/mol. The van der Waals surface area contributed by atoms with Crippen molar-refractivity contribution in [3.63, 3.8) is 0 Å². The summed E-state index contributed by atoms with van der Waals surface area (Å²) in [7, 11) is -2.05. The second-order valence-electron chi connectivity index (χ2n) is 5.15. The minimum Gasteiger partial charge on any atom is -0.397 e. The summed E-state index contributed by atoms with van der Waals surface area (Å²) >= 11 is 0. The van der Waals surface area contributed by atoms with Gasteiger partial charge in [0.1, 0.15) is 0 Å². The van der Waals surface area contributed by atoms with Crippen molar-refractivity contribution in [2.24, 2.45) is 11.8 Å². The van der Waals surface area contributed by atoms with Gasteiger partial charge >= 0.3 is 0 Å². The van der Waals surface area contributed by atoms with Crippen LogP contribution >= 0.6 is 0 Å². The lowest BCUT2D eigenvalue weighted by molar-refractivity contribution is 0.537. The van der Waals surface area contributed by atoms with Crippen LogP contribution in [0.2, 0.25) is 0 Å². The van der Waals surface area contributed by atoms with E-state index in [1.807, 2.05) is 0 Å². The van der Waals surface area contributed by atoms with E-state index >= 15 is 0 Å². The Morgan fingerprint density at radius 1 is 1.42 bits per heavy atom. The molecule has 5 nitrogen and oxygen atoms in total. The fourth-order valence-corrected chi connectivity index (χ4v) is 2.85. The topological polar surface area (TPSA) is 84.2 Å². The van der Waals surface area contributed by atoms with Crippen molar-refractivity contribution < 1.29 is 8.42 Å². The summed E-state index contributed by atoms with van der Waals surface area (Å²) in [6, 6.07) is 4.77. The van der Waals surface area contributed by atoms with Gasteiger partial charge in [-0.15, -0.1) is 0 Å². The molecule has 0 amide bonds. The third-order valence-corrected chi connectivity index (χ3v) is 5.06. The molecule has 0 radical (unpaired) electrons. The van der Waals surface area contributed by atoms with Gasteiger partial charge in [-0.2, -0.15) is 0 Å². The van der Waals surface area contributed by atoms with Crippen molar-refractivity contribution in [3.8, 4) is 0 Å². The predicted molar refractivity (Wildman–Crippen MR) is 77.5 cm³/mol. The van der Waals surface area contributed by atoms with Crippen LogP contribution in [0.25, 0.3) is 0 Å². The van der Waals surface area contributed by atoms with Crippen LogP contribution in [0.5, 0.6) is 0 Å². The summed E-state index contributed by atoms with van der Waals surface area (Å²) in [4.78, 5) is 0.188. The van der Waals surface area contributed by atoms with E-state index in [-0.39, 0.29) is 4.90 Å². The third-order valence-electron chi connectivity index (χ3n) is 3.64. The molecule has 0 bridgehead atoms. The van der Waals surface area contributed by atoms with E-state index < -0.39 is 10.0 Å². The molecule has 0 aromatic heterocycles. The van der Waals surface area contributed by atoms with E-state index in [1.54, 1.807) is 12.1 Å². The number of anilines is 2. The van der Waals surface area contributed by atoms with E-state index in [2.05, 4.69) is 17.0 Å². The fraction of sp³-hybridized carbons (Fsp3) is 0.538. The highest BCUT2D eigenvalue weighted by Crippen LogP contribution is 2.36. The Labute approximate surface area is 114 Å². The Bertz CT molecular complexity index is 553. The number of sulfonamides is 1. The third kappa shape index (κ3) is 3.39. The highest BCUT2D eigenvalue weighted by Gasteiger charge is 2.27. The van der Waals surface area contributed by atoms with Crippen molar-refractivity contribution in [1.29, 1.82) is 0 Å². The molecule has 1 aromatic rings. The first-order chi connectivity index (χ1) is 8.94. The van der Waals surface area contributed by atoms with Gasteiger partial charge in [0.2, 0.25) is 10.0 Å². The van der Waals surface area contributed by atoms with Gasteiger partial charge in [0.25, 0.3) is 0 Å². The molecule has 106 valence electrons. The molecule has 1 fully saturated rings. The van der Waals surface area contributed by atoms with Crippen LogP contribution in [-0.2, 0) is 10.0 Å². The minimum atomic E-state index is -3.43. The fourth-order valence-electron chi connectivity index (χ4n) is 2.09. The van der Waals surface area contributed by atoms with Gasteiger partial charge in [-0.1, -0.05) is 6.92 Å². The lowest BCUT2D eigenvalue weighted by Crippen LogP contribution is -2.19. The molecular weight excluding hydrogens is 262 g/mol. The Morgan fingerprint density at radius 3 is 2.63 bits per heavy atom. The first kappa shape index (κ1) is 14.1. The first-order valence-corrected chi connectivity index (χ1v) is 7.99. The quantitative estimate of drug-likeness (QED) is 0.693. The molecule has 2 rings (SSSR count). The average Bonchev–Trinajstić information content (AvgIpc) is 3.21. The molecule has 1 aromatic carbocycles. The van der Waals surface area contributed by atoms with Gasteiger partial charge < -0.3 is 11.1 Å². The summed E-state index contributed by atoms with van der Waals surface area (Å²) in [5.41, 5.74) is 7.15. The van der Waals surface area contributed by atoms with Crippen molar-refractivity contribution in [1.82, 2.24) is 4.72 Å². The molecule has 4 N–H and O–H groups in total. The van der Waals surface area contributed by atoms with Crippen LogP contribution in [-0.4, -0.2) is 22.0 Å². The van der Waals surface area contributed by atoms with Crippen LogP contribution in [0, 0.1) is 11.8 Å². The van der Waals surface area contributed by atoms with Crippen LogP contribution in [0.3, 0.4) is 0 Å². The van der Waals surface area contributed by atoms with Crippen LogP contribution in [0.15, 0.2) is 23.1 Å². The molecule has 1 unspecified atom stereocenters. The summed E-state index contributed by atoms with van der Waals surface area (Å²) < 4.78 is 25.6. The SMILES string of the molecule is CNS(=O)(=O)c1ccc(NCC(C)C2CC2)c(N)c1. The number of hydrogen-bond donors (Lipinski definition) is 3. The van der Waals surface area contributed by atoms with Gasteiger partial charge in [0.05, 0.1) is 16.3 Å². The zero-order valence-corrected chi connectivity index (χ0v) is 12.1.